The lowest BCUT2D eigenvalue weighted by molar-refractivity contribution is -0.111. The second-order valence-corrected chi connectivity index (χ2v) is 5.39. The SMILES string of the molecule is CSC(=O)CCCCCNC(=O)NC(CO)(CO)CO. The number of unbranched alkanes of at least 4 members (excludes halogenated alkanes) is 2. The number of hydrogen-bond acceptors (Lipinski definition) is 6. The normalized spacial score (nSPS) is 11.2. The average molecular weight is 308 g/mol. The van der Waals surface area contributed by atoms with E-state index in [1.54, 1.807) is 6.26 Å². The summed E-state index contributed by atoms with van der Waals surface area (Å²) >= 11 is 1.22. The summed E-state index contributed by atoms with van der Waals surface area (Å²) < 4.78 is 0. The number of rotatable bonds is 10. The fourth-order valence-electron chi connectivity index (χ4n) is 1.43. The van der Waals surface area contributed by atoms with Crippen LogP contribution >= 0.6 is 11.8 Å². The Labute approximate surface area is 123 Å². The molecule has 0 saturated heterocycles. The lowest BCUT2D eigenvalue weighted by Crippen LogP contribution is -2.59. The first-order chi connectivity index (χ1) is 9.53. The van der Waals surface area contributed by atoms with E-state index in [-0.39, 0.29) is 5.12 Å². The van der Waals surface area contributed by atoms with Gasteiger partial charge in [0.15, 0.2) is 5.12 Å². The van der Waals surface area contributed by atoms with E-state index in [0.717, 1.165) is 19.3 Å². The molecule has 0 aliphatic rings. The van der Waals surface area contributed by atoms with Gasteiger partial charge in [-0.1, -0.05) is 18.2 Å². The topological polar surface area (TPSA) is 119 Å². The fraction of sp³-hybridized carbons (Fsp3) is 0.833. The van der Waals surface area contributed by atoms with Gasteiger partial charge in [0.25, 0.3) is 0 Å². The number of aliphatic hydroxyl groups is 3. The van der Waals surface area contributed by atoms with E-state index >= 15 is 0 Å². The zero-order valence-corrected chi connectivity index (χ0v) is 12.5. The number of carbonyl (C=O) groups excluding carboxylic acids is 2. The molecule has 2 amide bonds. The summed E-state index contributed by atoms with van der Waals surface area (Å²) in [5, 5.41) is 32.2. The molecule has 20 heavy (non-hydrogen) atoms. The molecule has 0 fully saturated rings. The molecule has 0 rings (SSSR count). The molecule has 0 heterocycles. The van der Waals surface area contributed by atoms with Gasteiger partial charge in [-0.15, -0.1) is 0 Å². The molecule has 7 nitrogen and oxygen atoms in total. The van der Waals surface area contributed by atoms with Crippen molar-refractivity contribution in [1.29, 1.82) is 0 Å². The summed E-state index contributed by atoms with van der Waals surface area (Å²) in [5.74, 6) is 0. The zero-order valence-electron chi connectivity index (χ0n) is 11.7. The van der Waals surface area contributed by atoms with Crippen LogP contribution < -0.4 is 10.6 Å². The van der Waals surface area contributed by atoms with Crippen LogP contribution in [0.4, 0.5) is 4.79 Å². The fourth-order valence-corrected chi connectivity index (χ4v) is 1.78. The third-order valence-electron chi connectivity index (χ3n) is 2.86. The Morgan fingerprint density at radius 2 is 1.65 bits per heavy atom. The van der Waals surface area contributed by atoms with Crippen molar-refractivity contribution < 1.29 is 24.9 Å². The second-order valence-electron chi connectivity index (χ2n) is 4.52. The van der Waals surface area contributed by atoms with Crippen LogP contribution in [0.15, 0.2) is 0 Å². The number of amides is 2. The highest BCUT2D eigenvalue weighted by Gasteiger charge is 2.29. The number of carbonyl (C=O) groups is 2. The monoisotopic (exact) mass is 308 g/mol. The number of hydrogen-bond donors (Lipinski definition) is 5. The number of thioether (sulfide) groups is 1. The quantitative estimate of drug-likeness (QED) is 0.346. The van der Waals surface area contributed by atoms with E-state index in [0.29, 0.717) is 13.0 Å². The van der Waals surface area contributed by atoms with Crippen LogP contribution in [-0.4, -0.2) is 64.6 Å². The summed E-state index contributed by atoms with van der Waals surface area (Å²) in [4.78, 5) is 22.5. The van der Waals surface area contributed by atoms with Gasteiger partial charge in [-0.3, -0.25) is 4.79 Å². The summed E-state index contributed by atoms with van der Waals surface area (Å²) in [7, 11) is 0. The Morgan fingerprint density at radius 3 is 2.15 bits per heavy atom. The molecule has 0 atom stereocenters. The molecule has 0 unspecified atom stereocenters. The summed E-state index contributed by atoms with van der Waals surface area (Å²) in [5.41, 5.74) is -1.41. The highest BCUT2D eigenvalue weighted by atomic mass is 32.2. The minimum absolute atomic E-state index is 0.161. The molecule has 0 radical (unpaired) electrons. The van der Waals surface area contributed by atoms with E-state index in [1.165, 1.54) is 11.8 Å². The molecular formula is C12H24N2O5S. The Balaban J connectivity index is 3.75. The number of urea groups is 1. The Morgan fingerprint density at radius 1 is 1.05 bits per heavy atom. The molecule has 0 aromatic heterocycles. The first kappa shape index (κ1) is 19.2. The van der Waals surface area contributed by atoms with Crippen LogP contribution in [0.3, 0.4) is 0 Å². The van der Waals surface area contributed by atoms with Crippen molar-refractivity contribution in [2.45, 2.75) is 31.2 Å². The highest BCUT2D eigenvalue weighted by Crippen LogP contribution is 2.06. The molecule has 0 aliphatic carbocycles. The molecule has 0 saturated carbocycles. The molecule has 8 heteroatoms. The first-order valence-electron chi connectivity index (χ1n) is 6.49. The van der Waals surface area contributed by atoms with E-state index in [4.69, 9.17) is 15.3 Å². The molecule has 0 bridgehead atoms. The smallest absolute Gasteiger partial charge is 0.315 e. The first-order valence-corrected chi connectivity index (χ1v) is 7.71. The second kappa shape index (κ2) is 10.9. The number of aliphatic hydroxyl groups excluding tert-OH is 3. The van der Waals surface area contributed by atoms with Crippen LogP contribution in [0.2, 0.25) is 0 Å². The van der Waals surface area contributed by atoms with Gasteiger partial charge in [-0.05, 0) is 19.1 Å². The van der Waals surface area contributed by atoms with Gasteiger partial charge in [0.1, 0.15) is 5.54 Å². The van der Waals surface area contributed by atoms with Crippen molar-refractivity contribution in [3.05, 3.63) is 0 Å². The van der Waals surface area contributed by atoms with E-state index in [2.05, 4.69) is 10.6 Å². The van der Waals surface area contributed by atoms with Crippen LogP contribution in [0.5, 0.6) is 0 Å². The van der Waals surface area contributed by atoms with Crippen molar-refractivity contribution in [2.75, 3.05) is 32.6 Å². The van der Waals surface area contributed by atoms with Crippen LogP contribution in [0, 0.1) is 0 Å². The lowest BCUT2D eigenvalue weighted by atomic mass is 10.0. The van der Waals surface area contributed by atoms with Crippen molar-refractivity contribution in [3.63, 3.8) is 0 Å². The maximum Gasteiger partial charge on any atom is 0.315 e. The Kier molecular flexibility index (Phi) is 10.4. The third-order valence-corrected chi connectivity index (χ3v) is 3.52. The van der Waals surface area contributed by atoms with Gasteiger partial charge in [0, 0.05) is 13.0 Å². The van der Waals surface area contributed by atoms with Crippen molar-refractivity contribution in [1.82, 2.24) is 10.6 Å². The van der Waals surface area contributed by atoms with Crippen molar-refractivity contribution in [3.8, 4) is 0 Å². The van der Waals surface area contributed by atoms with Gasteiger partial charge < -0.3 is 26.0 Å². The number of nitrogens with one attached hydrogen (secondary N) is 2. The maximum atomic E-state index is 11.5. The van der Waals surface area contributed by atoms with Gasteiger partial charge in [0.05, 0.1) is 19.8 Å². The maximum absolute atomic E-state index is 11.5. The minimum atomic E-state index is -1.41. The summed E-state index contributed by atoms with van der Waals surface area (Å²) in [6.45, 7) is -1.23. The van der Waals surface area contributed by atoms with Crippen molar-refractivity contribution >= 4 is 22.9 Å². The summed E-state index contributed by atoms with van der Waals surface area (Å²) in [6, 6.07) is -0.553. The molecule has 0 aromatic carbocycles. The van der Waals surface area contributed by atoms with Crippen LogP contribution in [0.1, 0.15) is 25.7 Å². The minimum Gasteiger partial charge on any atom is -0.394 e. The van der Waals surface area contributed by atoms with Gasteiger partial charge in [-0.25, -0.2) is 4.79 Å². The Bertz CT molecular complexity index is 289. The summed E-state index contributed by atoms with van der Waals surface area (Å²) in [6.07, 6.45) is 4.65. The Hall–Kier alpha value is -0.830. The van der Waals surface area contributed by atoms with E-state index in [9.17, 15) is 9.59 Å². The van der Waals surface area contributed by atoms with E-state index in [1.807, 2.05) is 0 Å². The lowest BCUT2D eigenvalue weighted by Gasteiger charge is -2.28. The predicted octanol–water partition coefficient (Wildman–Crippen LogP) is -0.549. The zero-order chi connectivity index (χ0) is 15.4. The van der Waals surface area contributed by atoms with Gasteiger partial charge in [0.2, 0.25) is 0 Å². The third kappa shape index (κ3) is 7.68. The van der Waals surface area contributed by atoms with Gasteiger partial charge >= 0.3 is 6.03 Å². The molecule has 0 aliphatic heterocycles. The molecule has 0 spiro atoms. The van der Waals surface area contributed by atoms with Crippen molar-refractivity contribution in [2.24, 2.45) is 0 Å². The van der Waals surface area contributed by atoms with Crippen LogP contribution in [0.25, 0.3) is 0 Å². The molecule has 5 N–H and O–H groups in total. The largest absolute Gasteiger partial charge is 0.394 e. The highest BCUT2D eigenvalue weighted by molar-refractivity contribution is 8.13. The molecule has 118 valence electrons. The predicted molar refractivity (Wildman–Crippen MR) is 77.5 cm³/mol. The van der Waals surface area contributed by atoms with Gasteiger partial charge in [-0.2, -0.15) is 0 Å². The average Bonchev–Trinajstić information content (AvgIpc) is 2.48. The molecular weight excluding hydrogens is 284 g/mol. The van der Waals surface area contributed by atoms with Crippen LogP contribution in [-0.2, 0) is 4.79 Å². The molecule has 0 aromatic rings. The standard InChI is InChI=1S/C12H24N2O5S/c1-20-10(18)5-3-2-4-6-13-11(19)14-12(7-15,8-16)9-17/h15-17H,2-9H2,1H3,(H2,13,14,19). The van der Waals surface area contributed by atoms with E-state index < -0.39 is 31.4 Å².